The molecule has 1 aromatic carbocycles. The number of aliphatic hydroxyl groups is 1. The van der Waals surface area contributed by atoms with Gasteiger partial charge in [-0.2, -0.15) is 0 Å². The van der Waals surface area contributed by atoms with E-state index in [4.69, 9.17) is 9.84 Å². The zero-order chi connectivity index (χ0) is 15.1. The van der Waals surface area contributed by atoms with Crippen LogP contribution < -0.4 is 0 Å². The number of carbonyl (C=O) groups excluding carboxylic acids is 1. The first-order valence-electron chi connectivity index (χ1n) is 7.26. The van der Waals surface area contributed by atoms with Crippen LogP contribution in [0.5, 0.6) is 0 Å². The largest absolute Gasteiger partial charge is 0.384 e. The quantitative estimate of drug-likeness (QED) is 0.858. The second-order valence-corrected chi connectivity index (χ2v) is 5.21. The van der Waals surface area contributed by atoms with Crippen molar-refractivity contribution in [2.45, 2.75) is 31.9 Å². The van der Waals surface area contributed by atoms with Gasteiger partial charge < -0.3 is 14.7 Å². The lowest BCUT2D eigenvalue weighted by Gasteiger charge is -2.26. The summed E-state index contributed by atoms with van der Waals surface area (Å²) in [4.78, 5) is 14.0. The van der Waals surface area contributed by atoms with Crippen LogP contribution in [-0.4, -0.2) is 42.3 Å². The second kappa shape index (κ2) is 7.82. The molecule has 0 aromatic heterocycles. The first kappa shape index (κ1) is 15.6. The lowest BCUT2D eigenvalue weighted by atomic mass is 10.1. The Morgan fingerprint density at radius 1 is 1.38 bits per heavy atom. The van der Waals surface area contributed by atoms with Crippen molar-refractivity contribution in [1.29, 1.82) is 0 Å². The summed E-state index contributed by atoms with van der Waals surface area (Å²) in [5.74, 6) is 5.51. The molecule has 1 unspecified atom stereocenters. The molecule has 0 saturated carbocycles. The third-order valence-electron chi connectivity index (χ3n) is 3.52. The Bertz CT molecular complexity index is 521. The van der Waals surface area contributed by atoms with Gasteiger partial charge >= 0.3 is 0 Å². The Hall–Kier alpha value is -1.83. The number of aliphatic hydroxyl groups excluding tert-OH is 1. The topological polar surface area (TPSA) is 49.8 Å². The molecule has 1 aromatic rings. The van der Waals surface area contributed by atoms with E-state index in [1.807, 2.05) is 24.3 Å². The fraction of sp³-hybridized carbons (Fsp3) is 0.471. The van der Waals surface area contributed by atoms with Gasteiger partial charge in [0.25, 0.3) is 5.91 Å². The molecule has 0 spiro atoms. The molecule has 4 heteroatoms. The van der Waals surface area contributed by atoms with Crippen molar-refractivity contribution in [3.8, 4) is 11.8 Å². The average Bonchev–Trinajstić information content (AvgIpc) is 2.54. The highest BCUT2D eigenvalue weighted by Gasteiger charge is 2.24. The summed E-state index contributed by atoms with van der Waals surface area (Å²) in [7, 11) is 1.81. The molecule has 0 bridgehead atoms. The zero-order valence-corrected chi connectivity index (χ0v) is 12.3. The van der Waals surface area contributed by atoms with E-state index in [0.29, 0.717) is 13.2 Å². The van der Waals surface area contributed by atoms with Crippen LogP contribution in [0.4, 0.5) is 0 Å². The Kier molecular flexibility index (Phi) is 5.79. The van der Waals surface area contributed by atoms with Gasteiger partial charge in [0.15, 0.2) is 0 Å². The van der Waals surface area contributed by atoms with E-state index >= 15 is 0 Å². The molecule has 1 heterocycles. The van der Waals surface area contributed by atoms with E-state index in [-0.39, 0.29) is 18.6 Å². The molecular formula is C17H21NO3. The van der Waals surface area contributed by atoms with Crippen LogP contribution >= 0.6 is 0 Å². The highest BCUT2D eigenvalue weighted by molar-refractivity contribution is 5.80. The van der Waals surface area contributed by atoms with E-state index in [9.17, 15) is 4.79 Å². The molecule has 0 radical (unpaired) electrons. The predicted molar refractivity (Wildman–Crippen MR) is 80.5 cm³/mol. The summed E-state index contributed by atoms with van der Waals surface area (Å²) in [5.41, 5.74) is 1.91. The number of carbonyl (C=O) groups is 1. The van der Waals surface area contributed by atoms with Crippen molar-refractivity contribution in [3.63, 3.8) is 0 Å². The summed E-state index contributed by atoms with van der Waals surface area (Å²) >= 11 is 0. The maximum atomic E-state index is 12.3. The molecule has 1 amide bonds. The van der Waals surface area contributed by atoms with E-state index in [1.54, 1.807) is 11.9 Å². The summed E-state index contributed by atoms with van der Waals surface area (Å²) < 4.78 is 5.53. The lowest BCUT2D eigenvalue weighted by Crippen LogP contribution is -2.39. The summed E-state index contributed by atoms with van der Waals surface area (Å²) in [5, 5.41) is 8.66. The number of rotatable bonds is 3. The fourth-order valence-corrected chi connectivity index (χ4v) is 2.37. The van der Waals surface area contributed by atoms with Gasteiger partial charge in [-0.05, 0) is 37.0 Å². The van der Waals surface area contributed by atoms with Gasteiger partial charge in [0.05, 0.1) is 0 Å². The SMILES string of the molecule is CN(Cc1ccc(C#CCO)cc1)C(=O)C1CCCCO1. The smallest absolute Gasteiger partial charge is 0.251 e. The minimum Gasteiger partial charge on any atom is -0.384 e. The highest BCUT2D eigenvalue weighted by atomic mass is 16.5. The summed E-state index contributed by atoms with van der Waals surface area (Å²) in [6.07, 6.45) is 2.64. The second-order valence-electron chi connectivity index (χ2n) is 5.21. The first-order valence-corrected chi connectivity index (χ1v) is 7.26. The molecule has 2 rings (SSSR count). The first-order chi connectivity index (χ1) is 10.2. The number of nitrogens with zero attached hydrogens (tertiary/aromatic N) is 1. The average molecular weight is 287 g/mol. The van der Waals surface area contributed by atoms with Gasteiger partial charge in [-0.25, -0.2) is 0 Å². The third-order valence-corrected chi connectivity index (χ3v) is 3.52. The Labute approximate surface area is 125 Å². The number of hydrogen-bond donors (Lipinski definition) is 1. The predicted octanol–water partition coefficient (Wildman–Crippen LogP) is 1.56. The lowest BCUT2D eigenvalue weighted by molar-refractivity contribution is -0.145. The number of ether oxygens (including phenoxy) is 1. The van der Waals surface area contributed by atoms with E-state index < -0.39 is 0 Å². The van der Waals surface area contributed by atoms with Crippen molar-refractivity contribution < 1.29 is 14.6 Å². The maximum absolute atomic E-state index is 12.3. The van der Waals surface area contributed by atoms with Crippen molar-refractivity contribution in [3.05, 3.63) is 35.4 Å². The molecule has 1 aliphatic heterocycles. The number of likely N-dealkylation sites (N-methyl/N-ethyl adjacent to an activating group) is 1. The summed E-state index contributed by atoms with van der Waals surface area (Å²) in [6, 6.07) is 7.70. The van der Waals surface area contributed by atoms with E-state index in [0.717, 1.165) is 30.4 Å². The van der Waals surface area contributed by atoms with Crippen LogP contribution in [0.1, 0.15) is 30.4 Å². The molecular weight excluding hydrogens is 266 g/mol. The number of amides is 1. The molecule has 1 fully saturated rings. The highest BCUT2D eigenvalue weighted by Crippen LogP contribution is 2.16. The van der Waals surface area contributed by atoms with Crippen LogP contribution in [0.25, 0.3) is 0 Å². The normalized spacial score (nSPS) is 17.7. The molecule has 0 aliphatic carbocycles. The van der Waals surface area contributed by atoms with Crippen LogP contribution in [0, 0.1) is 11.8 Å². The van der Waals surface area contributed by atoms with Gasteiger partial charge in [0, 0.05) is 25.8 Å². The molecule has 1 aliphatic rings. The Morgan fingerprint density at radius 3 is 2.76 bits per heavy atom. The van der Waals surface area contributed by atoms with Crippen LogP contribution in [0.3, 0.4) is 0 Å². The maximum Gasteiger partial charge on any atom is 0.251 e. The van der Waals surface area contributed by atoms with Crippen LogP contribution in [0.15, 0.2) is 24.3 Å². The van der Waals surface area contributed by atoms with Crippen molar-refractivity contribution in [2.75, 3.05) is 20.3 Å². The molecule has 1 N–H and O–H groups in total. The number of benzene rings is 1. The van der Waals surface area contributed by atoms with Crippen molar-refractivity contribution >= 4 is 5.91 Å². The minimum atomic E-state index is -0.279. The standard InChI is InChI=1S/C17H21NO3/c1-18(17(20)16-6-2-3-12-21-16)13-15-9-7-14(8-10-15)5-4-11-19/h7-10,16,19H,2-3,6,11-13H2,1H3. The van der Waals surface area contributed by atoms with E-state index in [2.05, 4.69) is 11.8 Å². The zero-order valence-electron chi connectivity index (χ0n) is 12.3. The van der Waals surface area contributed by atoms with Gasteiger partial charge in [0.1, 0.15) is 12.7 Å². The Balaban J connectivity index is 1.92. The molecule has 1 saturated heterocycles. The van der Waals surface area contributed by atoms with Gasteiger partial charge in [0.2, 0.25) is 0 Å². The molecule has 21 heavy (non-hydrogen) atoms. The van der Waals surface area contributed by atoms with E-state index in [1.165, 1.54) is 0 Å². The third kappa shape index (κ3) is 4.59. The summed E-state index contributed by atoms with van der Waals surface area (Å²) in [6.45, 7) is 1.11. The van der Waals surface area contributed by atoms with Crippen molar-refractivity contribution in [1.82, 2.24) is 4.90 Å². The van der Waals surface area contributed by atoms with Crippen molar-refractivity contribution in [2.24, 2.45) is 0 Å². The van der Waals surface area contributed by atoms with Gasteiger partial charge in [-0.3, -0.25) is 4.79 Å². The minimum absolute atomic E-state index is 0.0545. The Morgan fingerprint density at radius 2 is 2.14 bits per heavy atom. The molecule has 112 valence electrons. The van der Waals surface area contributed by atoms with Gasteiger partial charge in [-0.1, -0.05) is 24.0 Å². The van der Waals surface area contributed by atoms with Crippen LogP contribution in [0.2, 0.25) is 0 Å². The van der Waals surface area contributed by atoms with Crippen LogP contribution in [-0.2, 0) is 16.1 Å². The number of hydrogen-bond acceptors (Lipinski definition) is 3. The van der Waals surface area contributed by atoms with Gasteiger partial charge in [-0.15, -0.1) is 0 Å². The monoisotopic (exact) mass is 287 g/mol. The fourth-order valence-electron chi connectivity index (χ4n) is 2.37. The molecule has 4 nitrogen and oxygen atoms in total. The molecule has 1 atom stereocenters.